The van der Waals surface area contributed by atoms with Crippen LogP contribution in [0.2, 0.25) is 5.02 Å². The average molecular weight is 271 g/mol. The van der Waals surface area contributed by atoms with Gasteiger partial charge in [0.1, 0.15) is 5.75 Å². The van der Waals surface area contributed by atoms with Gasteiger partial charge in [-0.05, 0) is 31.2 Å². The Balaban J connectivity index is 2.50. The molecule has 0 aliphatic heterocycles. The SMILES string of the molecule is CCCNCCC(=O)Nc1cc(Cl)ccc1OC. The first-order chi connectivity index (χ1) is 8.67. The van der Waals surface area contributed by atoms with E-state index in [2.05, 4.69) is 17.6 Å². The molecule has 0 unspecified atom stereocenters. The minimum atomic E-state index is -0.0563. The third-order valence-corrected chi connectivity index (χ3v) is 2.63. The van der Waals surface area contributed by atoms with Crippen molar-refractivity contribution >= 4 is 23.2 Å². The standard InChI is InChI=1S/C13H19ClN2O2/c1-3-7-15-8-6-13(17)16-11-9-10(14)4-5-12(11)18-2/h4-5,9,15H,3,6-8H2,1-2H3,(H,16,17). The van der Waals surface area contributed by atoms with Gasteiger partial charge in [-0.25, -0.2) is 0 Å². The third kappa shape index (κ3) is 4.94. The van der Waals surface area contributed by atoms with E-state index in [1.165, 1.54) is 0 Å². The van der Waals surface area contributed by atoms with Crippen molar-refractivity contribution in [3.05, 3.63) is 23.2 Å². The minimum Gasteiger partial charge on any atom is -0.495 e. The molecule has 0 fully saturated rings. The molecule has 2 N–H and O–H groups in total. The number of anilines is 1. The maximum absolute atomic E-state index is 11.7. The van der Waals surface area contributed by atoms with E-state index in [0.717, 1.165) is 13.0 Å². The Morgan fingerprint density at radius 2 is 2.17 bits per heavy atom. The van der Waals surface area contributed by atoms with Gasteiger partial charge in [0.15, 0.2) is 0 Å². The van der Waals surface area contributed by atoms with E-state index in [1.807, 2.05) is 0 Å². The number of carbonyl (C=O) groups is 1. The van der Waals surface area contributed by atoms with Crippen molar-refractivity contribution in [1.29, 1.82) is 0 Å². The maximum Gasteiger partial charge on any atom is 0.225 e. The lowest BCUT2D eigenvalue weighted by molar-refractivity contribution is -0.116. The first-order valence-electron chi connectivity index (χ1n) is 6.01. The summed E-state index contributed by atoms with van der Waals surface area (Å²) in [6.45, 7) is 3.68. The van der Waals surface area contributed by atoms with Gasteiger partial charge >= 0.3 is 0 Å². The zero-order chi connectivity index (χ0) is 13.4. The van der Waals surface area contributed by atoms with Crippen LogP contribution in [0.4, 0.5) is 5.69 Å². The lowest BCUT2D eigenvalue weighted by Gasteiger charge is -2.10. The Bertz CT molecular complexity index is 397. The fraction of sp³-hybridized carbons (Fsp3) is 0.462. The van der Waals surface area contributed by atoms with Gasteiger partial charge in [0.2, 0.25) is 5.91 Å². The second-order valence-electron chi connectivity index (χ2n) is 3.89. The monoisotopic (exact) mass is 270 g/mol. The van der Waals surface area contributed by atoms with Gasteiger partial charge in [-0.3, -0.25) is 4.79 Å². The number of halogens is 1. The largest absolute Gasteiger partial charge is 0.495 e. The molecule has 5 heteroatoms. The zero-order valence-electron chi connectivity index (χ0n) is 10.8. The van der Waals surface area contributed by atoms with Crippen molar-refractivity contribution in [3.63, 3.8) is 0 Å². The maximum atomic E-state index is 11.7. The number of ether oxygens (including phenoxy) is 1. The number of nitrogens with one attached hydrogen (secondary N) is 2. The molecular weight excluding hydrogens is 252 g/mol. The molecule has 0 aliphatic rings. The van der Waals surface area contributed by atoms with Crippen LogP contribution >= 0.6 is 11.6 Å². The van der Waals surface area contributed by atoms with Gasteiger partial charge in [-0.1, -0.05) is 18.5 Å². The van der Waals surface area contributed by atoms with Gasteiger partial charge in [-0.2, -0.15) is 0 Å². The second kappa shape index (κ2) is 7.95. The van der Waals surface area contributed by atoms with E-state index in [1.54, 1.807) is 25.3 Å². The summed E-state index contributed by atoms with van der Waals surface area (Å²) in [5.41, 5.74) is 0.602. The second-order valence-corrected chi connectivity index (χ2v) is 4.33. The molecule has 0 atom stereocenters. The topological polar surface area (TPSA) is 50.4 Å². The Kier molecular flexibility index (Phi) is 6.54. The Morgan fingerprint density at radius 3 is 2.83 bits per heavy atom. The number of benzene rings is 1. The molecule has 0 radical (unpaired) electrons. The molecule has 0 saturated heterocycles. The predicted molar refractivity (Wildman–Crippen MR) is 74.4 cm³/mol. The summed E-state index contributed by atoms with van der Waals surface area (Å²) in [4.78, 5) is 11.7. The minimum absolute atomic E-state index is 0.0563. The molecule has 1 rings (SSSR count). The highest BCUT2D eigenvalue weighted by atomic mass is 35.5. The third-order valence-electron chi connectivity index (χ3n) is 2.39. The number of rotatable bonds is 7. The van der Waals surface area contributed by atoms with E-state index < -0.39 is 0 Å². The number of carbonyl (C=O) groups excluding carboxylic acids is 1. The van der Waals surface area contributed by atoms with E-state index in [-0.39, 0.29) is 5.91 Å². The first-order valence-corrected chi connectivity index (χ1v) is 6.39. The summed E-state index contributed by atoms with van der Waals surface area (Å²) >= 11 is 5.88. The quantitative estimate of drug-likeness (QED) is 0.749. The molecule has 1 aromatic rings. The van der Waals surface area contributed by atoms with Crippen LogP contribution in [-0.4, -0.2) is 26.1 Å². The van der Waals surface area contributed by atoms with E-state index in [9.17, 15) is 4.79 Å². The van der Waals surface area contributed by atoms with Crippen molar-refractivity contribution in [2.24, 2.45) is 0 Å². The van der Waals surface area contributed by atoms with Gasteiger partial charge in [-0.15, -0.1) is 0 Å². The Morgan fingerprint density at radius 1 is 1.39 bits per heavy atom. The number of amides is 1. The predicted octanol–water partition coefficient (Wildman–Crippen LogP) is 2.68. The van der Waals surface area contributed by atoms with E-state index in [4.69, 9.17) is 16.3 Å². The van der Waals surface area contributed by atoms with Crippen LogP contribution in [0.5, 0.6) is 5.75 Å². The molecule has 0 spiro atoms. The summed E-state index contributed by atoms with van der Waals surface area (Å²) in [6.07, 6.45) is 1.49. The van der Waals surface area contributed by atoms with Crippen LogP contribution in [0.1, 0.15) is 19.8 Å². The fourth-order valence-electron chi connectivity index (χ4n) is 1.49. The van der Waals surface area contributed by atoms with Crippen molar-refractivity contribution in [2.75, 3.05) is 25.5 Å². The van der Waals surface area contributed by atoms with Crippen molar-refractivity contribution in [1.82, 2.24) is 5.32 Å². The normalized spacial score (nSPS) is 10.2. The Hall–Kier alpha value is -1.26. The molecule has 4 nitrogen and oxygen atoms in total. The molecular formula is C13H19ClN2O2. The number of methoxy groups -OCH3 is 1. The fourth-order valence-corrected chi connectivity index (χ4v) is 1.67. The molecule has 0 saturated carbocycles. The zero-order valence-corrected chi connectivity index (χ0v) is 11.5. The highest BCUT2D eigenvalue weighted by Gasteiger charge is 2.07. The highest BCUT2D eigenvalue weighted by molar-refractivity contribution is 6.31. The van der Waals surface area contributed by atoms with Crippen LogP contribution in [0, 0.1) is 0 Å². The summed E-state index contributed by atoms with van der Waals surface area (Å²) in [7, 11) is 1.56. The van der Waals surface area contributed by atoms with Crippen molar-refractivity contribution in [2.45, 2.75) is 19.8 Å². The van der Waals surface area contributed by atoms with Gasteiger partial charge in [0.05, 0.1) is 12.8 Å². The van der Waals surface area contributed by atoms with Gasteiger partial charge in [0.25, 0.3) is 0 Å². The number of hydrogen-bond acceptors (Lipinski definition) is 3. The first kappa shape index (κ1) is 14.8. The van der Waals surface area contributed by atoms with Crippen molar-refractivity contribution in [3.8, 4) is 5.75 Å². The Labute approximate surface area is 113 Å². The van der Waals surface area contributed by atoms with Crippen LogP contribution in [0.3, 0.4) is 0 Å². The van der Waals surface area contributed by atoms with Crippen molar-refractivity contribution < 1.29 is 9.53 Å². The smallest absolute Gasteiger partial charge is 0.225 e. The molecule has 0 aliphatic carbocycles. The highest BCUT2D eigenvalue weighted by Crippen LogP contribution is 2.27. The van der Waals surface area contributed by atoms with Gasteiger partial charge in [0, 0.05) is 18.0 Å². The molecule has 0 aromatic heterocycles. The van der Waals surface area contributed by atoms with E-state index >= 15 is 0 Å². The molecule has 0 bridgehead atoms. The molecule has 0 heterocycles. The van der Waals surface area contributed by atoms with E-state index in [0.29, 0.717) is 29.4 Å². The summed E-state index contributed by atoms with van der Waals surface area (Å²) in [5.74, 6) is 0.549. The van der Waals surface area contributed by atoms with Crippen LogP contribution < -0.4 is 15.4 Å². The molecule has 1 amide bonds. The summed E-state index contributed by atoms with van der Waals surface area (Å²) in [6, 6.07) is 5.13. The number of hydrogen-bond donors (Lipinski definition) is 2. The summed E-state index contributed by atoms with van der Waals surface area (Å²) < 4.78 is 5.16. The molecule has 1 aromatic carbocycles. The molecule has 100 valence electrons. The lowest BCUT2D eigenvalue weighted by Crippen LogP contribution is -2.22. The molecule has 18 heavy (non-hydrogen) atoms. The van der Waals surface area contributed by atoms with Crippen LogP contribution in [0.25, 0.3) is 0 Å². The lowest BCUT2D eigenvalue weighted by atomic mass is 10.2. The average Bonchev–Trinajstić information content (AvgIpc) is 2.35. The summed E-state index contributed by atoms with van der Waals surface area (Å²) in [5, 5.41) is 6.53. The van der Waals surface area contributed by atoms with Crippen LogP contribution in [-0.2, 0) is 4.79 Å². The van der Waals surface area contributed by atoms with Gasteiger partial charge < -0.3 is 15.4 Å². The van der Waals surface area contributed by atoms with Crippen LogP contribution in [0.15, 0.2) is 18.2 Å².